The van der Waals surface area contributed by atoms with Crippen LogP contribution in [0.15, 0.2) is 18.3 Å². The lowest BCUT2D eigenvalue weighted by molar-refractivity contribution is -0.174. The molecule has 0 aromatic carbocycles. The summed E-state index contributed by atoms with van der Waals surface area (Å²) in [6.45, 7) is -1.02. The van der Waals surface area contributed by atoms with E-state index in [2.05, 4.69) is 9.72 Å². The average Bonchev–Trinajstić information content (AvgIpc) is 2.24. The summed E-state index contributed by atoms with van der Waals surface area (Å²) in [4.78, 5) is 3.80. The molecule has 1 aromatic rings. The zero-order valence-corrected chi connectivity index (χ0v) is 9.04. The molecular weight excluding hydrogens is 237 g/mol. The largest absolute Gasteiger partial charge is 0.490 e. The monoisotopic (exact) mass is 250 g/mol. The van der Waals surface area contributed by atoms with Gasteiger partial charge in [0.2, 0.25) is 0 Å². The van der Waals surface area contributed by atoms with Crippen LogP contribution >= 0.6 is 0 Å². The highest BCUT2D eigenvalue weighted by Crippen LogP contribution is 2.17. The fraction of sp³-hybridized carbons (Fsp3) is 0.500. The molecule has 1 rings (SSSR count). The molecule has 17 heavy (non-hydrogen) atoms. The van der Waals surface area contributed by atoms with Crippen molar-refractivity contribution >= 4 is 5.82 Å². The quantitative estimate of drug-likeness (QED) is 0.785. The zero-order chi connectivity index (χ0) is 12.7. The van der Waals surface area contributed by atoms with Crippen molar-refractivity contribution in [1.29, 1.82) is 0 Å². The molecule has 0 aliphatic carbocycles. The van der Waals surface area contributed by atoms with Gasteiger partial charge >= 0.3 is 6.18 Å². The maximum atomic E-state index is 11.7. The summed E-state index contributed by atoms with van der Waals surface area (Å²) >= 11 is 0. The third-order valence-corrected chi connectivity index (χ3v) is 1.76. The van der Waals surface area contributed by atoms with Crippen LogP contribution in [0.1, 0.15) is 6.42 Å². The van der Waals surface area contributed by atoms with Crippen molar-refractivity contribution in [2.24, 2.45) is 0 Å². The lowest BCUT2D eigenvalue weighted by Crippen LogP contribution is -2.18. The second-order valence-electron chi connectivity index (χ2n) is 3.26. The van der Waals surface area contributed by atoms with Gasteiger partial charge in [0.05, 0.1) is 13.2 Å². The molecule has 96 valence electrons. The van der Waals surface area contributed by atoms with Crippen LogP contribution in [-0.2, 0) is 4.74 Å². The summed E-state index contributed by atoms with van der Waals surface area (Å²) < 4.78 is 44.7. The average molecular weight is 250 g/mol. The Morgan fingerprint density at radius 3 is 2.71 bits per heavy atom. The van der Waals surface area contributed by atoms with E-state index in [0.717, 1.165) is 0 Å². The van der Waals surface area contributed by atoms with Crippen LogP contribution in [0, 0.1) is 0 Å². The predicted molar refractivity (Wildman–Crippen MR) is 55.6 cm³/mol. The summed E-state index contributed by atoms with van der Waals surface area (Å²) in [7, 11) is 0. The minimum absolute atomic E-state index is 0.0142. The first-order valence-electron chi connectivity index (χ1n) is 4.97. The van der Waals surface area contributed by atoms with Gasteiger partial charge in [0.25, 0.3) is 0 Å². The van der Waals surface area contributed by atoms with Gasteiger partial charge in [-0.15, -0.1) is 0 Å². The van der Waals surface area contributed by atoms with Crippen LogP contribution in [-0.4, -0.2) is 31.0 Å². The number of rotatable bonds is 6. The van der Waals surface area contributed by atoms with Crippen molar-refractivity contribution in [1.82, 2.24) is 4.98 Å². The Kier molecular flexibility index (Phi) is 5.02. The molecule has 0 aliphatic heterocycles. The molecule has 0 amide bonds. The summed E-state index contributed by atoms with van der Waals surface area (Å²) in [5.74, 6) is 0.673. The lowest BCUT2D eigenvalue weighted by atomic mass is 10.4. The van der Waals surface area contributed by atoms with Gasteiger partial charge in [-0.05, 0) is 12.1 Å². The van der Waals surface area contributed by atoms with Gasteiger partial charge in [-0.2, -0.15) is 13.2 Å². The Bertz CT molecular complexity index is 345. The van der Waals surface area contributed by atoms with Crippen LogP contribution in [0.3, 0.4) is 0 Å². The number of nitrogens with two attached hydrogens (primary N) is 1. The van der Waals surface area contributed by atoms with Crippen molar-refractivity contribution < 1.29 is 22.6 Å². The number of alkyl halides is 3. The van der Waals surface area contributed by atoms with Crippen molar-refractivity contribution in [2.45, 2.75) is 12.6 Å². The summed E-state index contributed by atoms with van der Waals surface area (Å²) in [6, 6.07) is 3.30. The van der Waals surface area contributed by atoms with Crippen LogP contribution in [0.2, 0.25) is 0 Å². The highest BCUT2D eigenvalue weighted by Gasteiger charge is 2.27. The van der Waals surface area contributed by atoms with Crippen molar-refractivity contribution in [3.05, 3.63) is 18.3 Å². The summed E-state index contributed by atoms with van der Waals surface area (Å²) in [5, 5.41) is 0. The van der Waals surface area contributed by atoms with E-state index in [4.69, 9.17) is 10.5 Å². The normalized spacial score (nSPS) is 11.5. The van der Waals surface area contributed by atoms with Crippen LogP contribution in [0.5, 0.6) is 5.75 Å². The van der Waals surface area contributed by atoms with Gasteiger partial charge < -0.3 is 15.2 Å². The number of nitrogens with zero attached hydrogens (tertiary/aromatic N) is 1. The Balaban J connectivity index is 2.11. The molecule has 7 heteroatoms. The third-order valence-electron chi connectivity index (χ3n) is 1.76. The molecule has 1 heterocycles. The Labute approximate surface area is 96.5 Å². The molecule has 4 nitrogen and oxygen atoms in total. The lowest BCUT2D eigenvalue weighted by Gasteiger charge is -2.09. The molecule has 0 spiro atoms. The van der Waals surface area contributed by atoms with Crippen molar-refractivity contribution in [2.75, 3.05) is 25.6 Å². The first kappa shape index (κ1) is 13.6. The van der Waals surface area contributed by atoms with Crippen LogP contribution in [0.25, 0.3) is 0 Å². The van der Waals surface area contributed by atoms with E-state index in [1.165, 1.54) is 6.20 Å². The molecule has 0 radical (unpaired) electrons. The molecular formula is C10H13F3N2O2. The molecule has 0 atom stereocenters. The molecule has 1 aromatic heterocycles. The molecule has 0 saturated carbocycles. The fourth-order valence-electron chi connectivity index (χ4n) is 1.06. The molecule has 0 fully saturated rings. The van der Waals surface area contributed by atoms with Crippen molar-refractivity contribution in [3.63, 3.8) is 0 Å². The van der Waals surface area contributed by atoms with Gasteiger partial charge in [0.1, 0.15) is 6.61 Å². The van der Waals surface area contributed by atoms with E-state index in [-0.39, 0.29) is 19.0 Å². The number of aromatic nitrogens is 1. The highest BCUT2D eigenvalue weighted by atomic mass is 19.4. The third kappa shape index (κ3) is 5.96. The second-order valence-corrected chi connectivity index (χ2v) is 3.26. The minimum atomic E-state index is -4.28. The molecule has 0 unspecified atom stereocenters. The summed E-state index contributed by atoms with van der Waals surface area (Å²) in [6.07, 6.45) is -2.41. The molecule has 0 bridgehead atoms. The van der Waals surface area contributed by atoms with Gasteiger partial charge in [-0.1, -0.05) is 0 Å². The number of pyridine rings is 1. The van der Waals surface area contributed by atoms with E-state index in [9.17, 15) is 13.2 Å². The molecule has 0 saturated heterocycles. The van der Waals surface area contributed by atoms with E-state index in [1.54, 1.807) is 12.1 Å². The van der Waals surface area contributed by atoms with E-state index < -0.39 is 12.8 Å². The standard InChI is InChI=1S/C10H13F3N2O2/c11-10(12,13)7-16-5-2-6-17-8-3-1-4-15-9(8)14/h1,3-4H,2,5-7H2,(H2,14,15). The fourth-order valence-corrected chi connectivity index (χ4v) is 1.06. The first-order chi connectivity index (χ1) is 7.99. The summed E-state index contributed by atoms with van der Waals surface area (Å²) in [5.41, 5.74) is 5.50. The van der Waals surface area contributed by atoms with Gasteiger partial charge in [-0.25, -0.2) is 4.98 Å². The Hall–Kier alpha value is -1.50. The topological polar surface area (TPSA) is 57.4 Å². The molecule has 0 aliphatic rings. The SMILES string of the molecule is Nc1ncccc1OCCCOCC(F)(F)F. The van der Waals surface area contributed by atoms with Gasteiger partial charge in [-0.3, -0.25) is 0 Å². The zero-order valence-electron chi connectivity index (χ0n) is 9.04. The number of anilines is 1. The number of hydrogen-bond acceptors (Lipinski definition) is 4. The minimum Gasteiger partial charge on any atom is -0.490 e. The number of hydrogen-bond donors (Lipinski definition) is 1. The maximum absolute atomic E-state index is 11.7. The molecule has 2 N–H and O–H groups in total. The maximum Gasteiger partial charge on any atom is 0.411 e. The van der Waals surface area contributed by atoms with Crippen molar-refractivity contribution in [3.8, 4) is 5.75 Å². The van der Waals surface area contributed by atoms with E-state index in [1.807, 2.05) is 0 Å². The number of nitrogen functional groups attached to an aromatic ring is 1. The van der Waals surface area contributed by atoms with Crippen LogP contribution in [0.4, 0.5) is 19.0 Å². The smallest absolute Gasteiger partial charge is 0.411 e. The Morgan fingerprint density at radius 2 is 2.06 bits per heavy atom. The Morgan fingerprint density at radius 1 is 1.29 bits per heavy atom. The van der Waals surface area contributed by atoms with Gasteiger partial charge in [0, 0.05) is 12.6 Å². The van der Waals surface area contributed by atoms with E-state index in [0.29, 0.717) is 12.2 Å². The first-order valence-corrected chi connectivity index (χ1v) is 4.97. The number of halogens is 3. The number of ether oxygens (including phenoxy) is 2. The highest BCUT2D eigenvalue weighted by molar-refractivity contribution is 5.44. The second kappa shape index (κ2) is 6.29. The van der Waals surface area contributed by atoms with Crippen LogP contribution < -0.4 is 10.5 Å². The van der Waals surface area contributed by atoms with E-state index >= 15 is 0 Å². The van der Waals surface area contributed by atoms with Gasteiger partial charge in [0.15, 0.2) is 11.6 Å². The predicted octanol–water partition coefficient (Wildman–Crippen LogP) is 2.01.